The minimum atomic E-state index is -0.325. The number of aryl methyl sites for hydroxylation is 3. The molecule has 0 aliphatic heterocycles. The third-order valence-electron chi connectivity index (χ3n) is 4.19. The minimum absolute atomic E-state index is 0.0495. The third-order valence-corrected chi connectivity index (χ3v) is 6.29. The summed E-state index contributed by atoms with van der Waals surface area (Å²) in [5, 5.41) is 4.74. The van der Waals surface area contributed by atoms with Gasteiger partial charge in [-0.15, -0.1) is 11.3 Å². The maximum Gasteiger partial charge on any atom is 0.348 e. The lowest BCUT2D eigenvalue weighted by Crippen LogP contribution is -2.14. The molecule has 8 heteroatoms. The Kier molecular flexibility index (Phi) is 4.39. The Bertz CT molecular complexity index is 979. The molecule has 0 saturated carbocycles. The number of fused-ring (bicyclic) bond motifs is 2. The van der Waals surface area contributed by atoms with Crippen molar-refractivity contribution in [2.45, 2.75) is 45.6 Å². The Balaban J connectivity index is 1.49. The first-order valence-corrected chi connectivity index (χ1v) is 9.88. The van der Waals surface area contributed by atoms with Crippen LogP contribution in [0.2, 0.25) is 0 Å². The van der Waals surface area contributed by atoms with E-state index in [9.17, 15) is 9.59 Å². The standard InChI is InChI=1S/C17H17N3O3S2/c1-10-7-15(21)20-17(18-10)25-14(19-20)9-23-16(22)13-8-11-5-3-2-4-6-12(11)24-13/h7-8H,2-6,9H2,1H3. The summed E-state index contributed by atoms with van der Waals surface area (Å²) in [5.74, 6) is -0.325. The minimum Gasteiger partial charge on any atom is -0.454 e. The smallest absolute Gasteiger partial charge is 0.348 e. The fraction of sp³-hybridized carbons (Fsp3) is 0.412. The van der Waals surface area contributed by atoms with Gasteiger partial charge in [0.2, 0.25) is 4.96 Å². The molecule has 0 radical (unpaired) electrons. The maximum atomic E-state index is 12.3. The van der Waals surface area contributed by atoms with Gasteiger partial charge in [-0.25, -0.2) is 9.78 Å². The van der Waals surface area contributed by atoms with Crippen molar-refractivity contribution in [1.82, 2.24) is 14.6 Å². The van der Waals surface area contributed by atoms with E-state index in [-0.39, 0.29) is 18.1 Å². The molecule has 0 aromatic carbocycles. The van der Waals surface area contributed by atoms with Gasteiger partial charge in [0.25, 0.3) is 5.56 Å². The Morgan fingerprint density at radius 3 is 2.96 bits per heavy atom. The predicted molar refractivity (Wildman–Crippen MR) is 96.6 cm³/mol. The molecule has 3 heterocycles. The molecule has 0 unspecified atom stereocenters. The lowest BCUT2D eigenvalue weighted by molar-refractivity contribution is 0.0477. The van der Waals surface area contributed by atoms with Gasteiger partial charge in [-0.1, -0.05) is 17.8 Å². The van der Waals surface area contributed by atoms with Crippen molar-refractivity contribution < 1.29 is 9.53 Å². The molecule has 0 fully saturated rings. The summed E-state index contributed by atoms with van der Waals surface area (Å²) in [6.07, 6.45) is 5.73. The van der Waals surface area contributed by atoms with E-state index in [0.717, 1.165) is 12.8 Å². The number of nitrogens with zero attached hydrogens (tertiary/aromatic N) is 3. The fourth-order valence-corrected chi connectivity index (χ4v) is 4.99. The average molecular weight is 375 g/mol. The van der Waals surface area contributed by atoms with Crippen molar-refractivity contribution in [1.29, 1.82) is 0 Å². The summed E-state index contributed by atoms with van der Waals surface area (Å²) in [4.78, 5) is 31.0. The van der Waals surface area contributed by atoms with Crippen LogP contribution in [0.25, 0.3) is 4.96 Å². The summed E-state index contributed by atoms with van der Waals surface area (Å²) < 4.78 is 6.64. The topological polar surface area (TPSA) is 73.6 Å². The SMILES string of the molecule is Cc1cc(=O)n2nc(COC(=O)c3cc4c(s3)CCCCC4)sc2n1. The first kappa shape index (κ1) is 16.4. The number of thiophene rings is 1. The van der Waals surface area contributed by atoms with Gasteiger partial charge in [-0.3, -0.25) is 4.79 Å². The summed E-state index contributed by atoms with van der Waals surface area (Å²) in [5.41, 5.74) is 1.72. The molecule has 25 heavy (non-hydrogen) atoms. The zero-order chi connectivity index (χ0) is 17.4. The Morgan fingerprint density at radius 2 is 2.08 bits per heavy atom. The van der Waals surface area contributed by atoms with Crippen LogP contribution in [0.4, 0.5) is 0 Å². The molecule has 6 nitrogen and oxygen atoms in total. The van der Waals surface area contributed by atoms with Crippen molar-refractivity contribution >= 4 is 33.6 Å². The molecule has 4 rings (SSSR count). The van der Waals surface area contributed by atoms with E-state index < -0.39 is 0 Å². The summed E-state index contributed by atoms with van der Waals surface area (Å²) in [6, 6.07) is 3.41. The second-order valence-electron chi connectivity index (χ2n) is 6.12. The quantitative estimate of drug-likeness (QED) is 0.519. The number of hydrogen-bond donors (Lipinski definition) is 0. The van der Waals surface area contributed by atoms with E-state index >= 15 is 0 Å². The van der Waals surface area contributed by atoms with Gasteiger partial charge in [0.15, 0.2) is 5.01 Å². The lowest BCUT2D eigenvalue weighted by Gasteiger charge is -1.99. The van der Waals surface area contributed by atoms with Crippen LogP contribution in [0.3, 0.4) is 0 Å². The Labute approximate surface area is 152 Å². The van der Waals surface area contributed by atoms with Gasteiger partial charge in [-0.05, 0) is 44.2 Å². The first-order chi connectivity index (χ1) is 12.1. The van der Waals surface area contributed by atoms with E-state index in [4.69, 9.17) is 4.74 Å². The second-order valence-corrected chi connectivity index (χ2v) is 8.30. The molecule has 3 aromatic heterocycles. The lowest BCUT2D eigenvalue weighted by atomic mass is 10.1. The van der Waals surface area contributed by atoms with Gasteiger partial charge < -0.3 is 4.74 Å². The molecule has 0 N–H and O–H groups in total. The molecule has 0 amide bonds. The number of esters is 1. The summed E-state index contributed by atoms with van der Waals surface area (Å²) in [7, 11) is 0. The molecule has 0 spiro atoms. The van der Waals surface area contributed by atoms with Crippen molar-refractivity contribution in [2.75, 3.05) is 0 Å². The van der Waals surface area contributed by atoms with E-state index in [1.807, 2.05) is 6.07 Å². The van der Waals surface area contributed by atoms with Gasteiger partial charge in [0.1, 0.15) is 11.5 Å². The highest BCUT2D eigenvalue weighted by molar-refractivity contribution is 7.16. The number of aromatic nitrogens is 3. The highest BCUT2D eigenvalue weighted by Crippen LogP contribution is 2.29. The zero-order valence-electron chi connectivity index (χ0n) is 13.8. The fourth-order valence-electron chi connectivity index (χ4n) is 2.98. The summed E-state index contributed by atoms with van der Waals surface area (Å²) in [6.45, 7) is 1.82. The first-order valence-electron chi connectivity index (χ1n) is 8.25. The van der Waals surface area contributed by atoms with Gasteiger partial charge >= 0.3 is 5.97 Å². The van der Waals surface area contributed by atoms with E-state index in [1.165, 1.54) is 51.6 Å². The van der Waals surface area contributed by atoms with Crippen LogP contribution < -0.4 is 5.56 Å². The van der Waals surface area contributed by atoms with Crippen molar-refractivity contribution in [3.63, 3.8) is 0 Å². The van der Waals surface area contributed by atoms with Crippen LogP contribution in [0, 0.1) is 6.92 Å². The highest BCUT2D eigenvalue weighted by Gasteiger charge is 2.18. The average Bonchev–Trinajstić information content (AvgIpc) is 3.11. The number of rotatable bonds is 3. The molecular formula is C17H17N3O3S2. The second kappa shape index (κ2) is 6.68. The molecule has 1 aliphatic carbocycles. The molecule has 0 saturated heterocycles. The zero-order valence-corrected chi connectivity index (χ0v) is 15.4. The number of ether oxygens (including phenoxy) is 1. The van der Waals surface area contributed by atoms with Crippen LogP contribution in [-0.2, 0) is 24.2 Å². The monoisotopic (exact) mass is 375 g/mol. The van der Waals surface area contributed by atoms with Gasteiger partial charge in [0, 0.05) is 16.6 Å². The van der Waals surface area contributed by atoms with Crippen molar-refractivity contribution in [3.05, 3.63) is 48.5 Å². The van der Waals surface area contributed by atoms with E-state index in [1.54, 1.807) is 18.3 Å². The van der Waals surface area contributed by atoms with Crippen LogP contribution in [0.1, 0.15) is 50.1 Å². The number of carbonyl (C=O) groups is 1. The molecular weight excluding hydrogens is 358 g/mol. The van der Waals surface area contributed by atoms with Crippen LogP contribution in [0.5, 0.6) is 0 Å². The maximum absolute atomic E-state index is 12.3. The van der Waals surface area contributed by atoms with Crippen molar-refractivity contribution in [2.24, 2.45) is 0 Å². The van der Waals surface area contributed by atoms with Crippen LogP contribution >= 0.6 is 22.7 Å². The van der Waals surface area contributed by atoms with Crippen molar-refractivity contribution in [3.8, 4) is 0 Å². The van der Waals surface area contributed by atoms with E-state index in [0.29, 0.717) is 20.5 Å². The third kappa shape index (κ3) is 3.36. The largest absolute Gasteiger partial charge is 0.454 e. The van der Waals surface area contributed by atoms with Gasteiger partial charge in [0.05, 0.1) is 0 Å². The predicted octanol–water partition coefficient (Wildman–Crippen LogP) is 3.15. The number of carbonyl (C=O) groups excluding carboxylic acids is 1. The Morgan fingerprint density at radius 1 is 1.24 bits per heavy atom. The normalized spacial score (nSPS) is 14.3. The molecule has 130 valence electrons. The van der Waals surface area contributed by atoms with E-state index in [2.05, 4.69) is 10.1 Å². The molecule has 0 bridgehead atoms. The highest BCUT2D eigenvalue weighted by atomic mass is 32.1. The van der Waals surface area contributed by atoms with Crippen LogP contribution in [-0.4, -0.2) is 20.6 Å². The molecule has 0 atom stereocenters. The molecule has 3 aromatic rings. The molecule has 1 aliphatic rings. The van der Waals surface area contributed by atoms with Gasteiger partial charge in [-0.2, -0.15) is 9.61 Å². The summed E-state index contributed by atoms with van der Waals surface area (Å²) >= 11 is 2.80. The van der Waals surface area contributed by atoms with Crippen LogP contribution in [0.15, 0.2) is 16.9 Å². The number of hydrogen-bond acceptors (Lipinski definition) is 7. The Hall–Kier alpha value is -2.06.